The fraction of sp³-hybridized carbons (Fsp3) is 0.500. The van der Waals surface area contributed by atoms with Crippen molar-refractivity contribution >= 4 is 21.8 Å². The fourth-order valence-electron chi connectivity index (χ4n) is 1.51. The van der Waals surface area contributed by atoms with Crippen molar-refractivity contribution in [2.45, 2.75) is 19.9 Å². The largest absolute Gasteiger partial charge is 0.492 e. The Morgan fingerprint density at radius 1 is 1.37 bits per heavy atom. The van der Waals surface area contributed by atoms with E-state index >= 15 is 0 Å². The number of ether oxygens (including phenoxy) is 1. The van der Waals surface area contributed by atoms with Gasteiger partial charge in [0.15, 0.2) is 0 Å². The van der Waals surface area contributed by atoms with Crippen LogP contribution in [0.3, 0.4) is 0 Å². The number of nitrogens with zero attached hydrogens (tertiary/aromatic N) is 1. The summed E-state index contributed by atoms with van der Waals surface area (Å²) in [6, 6.07) is 7.47. The van der Waals surface area contributed by atoms with Crippen LogP contribution < -0.4 is 10.5 Å². The first-order valence-electron chi connectivity index (χ1n) is 6.30. The molecule has 0 fully saturated rings. The Kier molecular flexibility index (Phi) is 6.31. The summed E-state index contributed by atoms with van der Waals surface area (Å²) in [5.74, 6) is 0.677. The third-order valence-electron chi connectivity index (χ3n) is 3.06. The first kappa shape index (κ1) is 16.0. The zero-order valence-electron chi connectivity index (χ0n) is 11.6. The highest BCUT2D eigenvalue weighted by atomic mass is 79.9. The van der Waals surface area contributed by atoms with Gasteiger partial charge in [-0.1, -0.05) is 22.9 Å². The lowest BCUT2D eigenvalue weighted by atomic mass is 10.0. The van der Waals surface area contributed by atoms with Crippen LogP contribution in [0.15, 0.2) is 28.7 Å². The third-order valence-corrected chi connectivity index (χ3v) is 3.59. The average molecular weight is 329 g/mol. The van der Waals surface area contributed by atoms with E-state index in [0.717, 1.165) is 10.2 Å². The highest BCUT2D eigenvalue weighted by molar-refractivity contribution is 9.10. The molecule has 0 aliphatic rings. The van der Waals surface area contributed by atoms with E-state index in [0.29, 0.717) is 13.2 Å². The van der Waals surface area contributed by atoms with Crippen LogP contribution in [0.25, 0.3) is 0 Å². The van der Waals surface area contributed by atoms with E-state index in [1.54, 1.807) is 11.9 Å². The lowest BCUT2D eigenvalue weighted by molar-refractivity contribution is -0.134. The van der Waals surface area contributed by atoms with Crippen LogP contribution in [-0.4, -0.2) is 37.0 Å². The van der Waals surface area contributed by atoms with Crippen molar-refractivity contribution < 1.29 is 9.53 Å². The van der Waals surface area contributed by atoms with Gasteiger partial charge in [-0.2, -0.15) is 0 Å². The number of carbonyl (C=O) groups is 1. The van der Waals surface area contributed by atoms with Crippen molar-refractivity contribution in [2.75, 3.05) is 20.2 Å². The highest BCUT2D eigenvalue weighted by Crippen LogP contribution is 2.16. The first-order chi connectivity index (χ1) is 8.91. The van der Waals surface area contributed by atoms with Crippen molar-refractivity contribution in [3.05, 3.63) is 28.7 Å². The van der Waals surface area contributed by atoms with Crippen LogP contribution in [-0.2, 0) is 4.79 Å². The summed E-state index contributed by atoms with van der Waals surface area (Å²) in [4.78, 5) is 13.6. The van der Waals surface area contributed by atoms with Crippen molar-refractivity contribution in [1.82, 2.24) is 4.90 Å². The standard InChI is InChI=1S/C14H21BrN2O2/c1-10(11(2)16)14(18)17(3)8-9-19-13-6-4-12(15)5-7-13/h4-7,10-11H,8-9,16H2,1-3H3. The maximum atomic E-state index is 12.0. The molecule has 2 N–H and O–H groups in total. The molecular weight excluding hydrogens is 308 g/mol. The summed E-state index contributed by atoms with van der Waals surface area (Å²) in [7, 11) is 1.77. The first-order valence-corrected chi connectivity index (χ1v) is 7.10. The predicted molar refractivity (Wildman–Crippen MR) is 80.1 cm³/mol. The van der Waals surface area contributed by atoms with Crippen LogP contribution in [0.1, 0.15) is 13.8 Å². The number of likely N-dealkylation sites (N-methyl/N-ethyl adjacent to an activating group) is 1. The van der Waals surface area contributed by atoms with Crippen molar-refractivity contribution in [1.29, 1.82) is 0 Å². The molecule has 0 aliphatic heterocycles. The average Bonchev–Trinajstić information content (AvgIpc) is 2.39. The lowest BCUT2D eigenvalue weighted by Gasteiger charge is -2.23. The molecule has 19 heavy (non-hydrogen) atoms. The molecule has 1 amide bonds. The number of benzene rings is 1. The SMILES string of the molecule is CC(N)C(C)C(=O)N(C)CCOc1ccc(Br)cc1. The Labute approximate surface area is 123 Å². The van der Waals surface area contributed by atoms with E-state index in [1.807, 2.05) is 38.1 Å². The van der Waals surface area contributed by atoms with Gasteiger partial charge in [-0.3, -0.25) is 4.79 Å². The summed E-state index contributed by atoms with van der Waals surface area (Å²) in [6.45, 7) is 4.70. The monoisotopic (exact) mass is 328 g/mol. The Balaban J connectivity index is 2.36. The smallest absolute Gasteiger partial charge is 0.226 e. The molecule has 1 aromatic carbocycles. The molecule has 0 radical (unpaired) electrons. The minimum absolute atomic E-state index is 0.0504. The zero-order valence-corrected chi connectivity index (χ0v) is 13.2. The number of halogens is 1. The number of hydrogen-bond acceptors (Lipinski definition) is 3. The maximum absolute atomic E-state index is 12.0. The molecular formula is C14H21BrN2O2. The summed E-state index contributed by atoms with van der Waals surface area (Å²) in [6.07, 6.45) is 0. The van der Waals surface area contributed by atoms with Crippen LogP contribution in [0, 0.1) is 5.92 Å². The quantitative estimate of drug-likeness (QED) is 0.871. The maximum Gasteiger partial charge on any atom is 0.226 e. The van der Waals surface area contributed by atoms with Gasteiger partial charge < -0.3 is 15.4 Å². The van der Waals surface area contributed by atoms with E-state index in [1.165, 1.54) is 0 Å². The molecule has 0 saturated carbocycles. The van der Waals surface area contributed by atoms with Gasteiger partial charge in [-0.05, 0) is 31.2 Å². The van der Waals surface area contributed by atoms with Gasteiger partial charge in [0, 0.05) is 17.6 Å². The van der Waals surface area contributed by atoms with Crippen LogP contribution in [0.5, 0.6) is 5.75 Å². The van der Waals surface area contributed by atoms with Gasteiger partial charge in [-0.15, -0.1) is 0 Å². The second-order valence-corrected chi connectivity index (χ2v) is 5.63. The molecule has 0 saturated heterocycles. The molecule has 106 valence electrons. The second kappa shape index (κ2) is 7.50. The molecule has 2 atom stereocenters. The number of amides is 1. The number of hydrogen-bond donors (Lipinski definition) is 1. The lowest BCUT2D eigenvalue weighted by Crippen LogP contribution is -2.41. The third kappa shape index (κ3) is 5.20. The van der Waals surface area contributed by atoms with Gasteiger partial charge in [0.2, 0.25) is 5.91 Å². The van der Waals surface area contributed by atoms with E-state index in [-0.39, 0.29) is 17.9 Å². The van der Waals surface area contributed by atoms with Crippen LogP contribution >= 0.6 is 15.9 Å². The summed E-state index contributed by atoms with van der Waals surface area (Å²) >= 11 is 3.37. The summed E-state index contributed by atoms with van der Waals surface area (Å²) in [5.41, 5.74) is 5.73. The van der Waals surface area contributed by atoms with Gasteiger partial charge in [-0.25, -0.2) is 0 Å². The zero-order chi connectivity index (χ0) is 14.4. The molecule has 2 unspecified atom stereocenters. The molecule has 0 aliphatic carbocycles. The Hall–Kier alpha value is -1.07. The Morgan fingerprint density at radius 2 is 1.95 bits per heavy atom. The number of nitrogens with two attached hydrogens (primary N) is 1. The van der Waals surface area contributed by atoms with Gasteiger partial charge in [0.05, 0.1) is 12.5 Å². The summed E-state index contributed by atoms with van der Waals surface area (Å²) in [5, 5.41) is 0. The Bertz CT molecular complexity index is 406. The fourth-order valence-corrected chi connectivity index (χ4v) is 1.78. The second-order valence-electron chi connectivity index (χ2n) is 4.71. The number of rotatable bonds is 6. The molecule has 1 rings (SSSR count). The van der Waals surface area contributed by atoms with Gasteiger partial charge in [0.25, 0.3) is 0 Å². The molecule has 0 heterocycles. The van der Waals surface area contributed by atoms with E-state index < -0.39 is 0 Å². The highest BCUT2D eigenvalue weighted by Gasteiger charge is 2.20. The molecule has 0 spiro atoms. The minimum atomic E-state index is -0.169. The van der Waals surface area contributed by atoms with E-state index in [2.05, 4.69) is 15.9 Å². The van der Waals surface area contributed by atoms with E-state index in [4.69, 9.17) is 10.5 Å². The molecule has 5 heteroatoms. The Morgan fingerprint density at radius 3 is 2.47 bits per heavy atom. The topological polar surface area (TPSA) is 55.6 Å². The van der Waals surface area contributed by atoms with Gasteiger partial charge in [0.1, 0.15) is 12.4 Å². The van der Waals surface area contributed by atoms with Crippen molar-refractivity contribution in [3.8, 4) is 5.75 Å². The molecule has 0 bridgehead atoms. The van der Waals surface area contributed by atoms with Crippen LogP contribution in [0.2, 0.25) is 0 Å². The normalized spacial score (nSPS) is 13.7. The van der Waals surface area contributed by atoms with Crippen molar-refractivity contribution in [3.63, 3.8) is 0 Å². The number of carbonyl (C=O) groups excluding carboxylic acids is 1. The van der Waals surface area contributed by atoms with Crippen molar-refractivity contribution in [2.24, 2.45) is 11.7 Å². The molecule has 0 aromatic heterocycles. The van der Waals surface area contributed by atoms with E-state index in [9.17, 15) is 4.79 Å². The molecule has 1 aromatic rings. The van der Waals surface area contributed by atoms with Crippen LogP contribution in [0.4, 0.5) is 0 Å². The predicted octanol–water partition coefficient (Wildman–Crippen LogP) is 2.27. The summed E-state index contributed by atoms with van der Waals surface area (Å²) < 4.78 is 6.59. The molecule has 4 nitrogen and oxygen atoms in total. The van der Waals surface area contributed by atoms with Gasteiger partial charge >= 0.3 is 0 Å². The minimum Gasteiger partial charge on any atom is -0.492 e.